The van der Waals surface area contributed by atoms with Crippen LogP contribution in [0.3, 0.4) is 0 Å². The Kier molecular flexibility index (Phi) is 6.32. The third-order valence-corrected chi connectivity index (χ3v) is 5.22. The number of nitrogens with zero attached hydrogens (tertiary/aromatic N) is 1. The molecule has 3 rings (SSSR count). The Hall–Kier alpha value is -3.15. The van der Waals surface area contributed by atoms with Crippen LogP contribution in [-0.2, 0) is 20.8 Å². The van der Waals surface area contributed by atoms with Crippen LogP contribution in [0.2, 0.25) is 0 Å². The number of nitrogens with one attached hydrogen (secondary N) is 2. The molecule has 0 aliphatic carbocycles. The van der Waals surface area contributed by atoms with Crippen LogP contribution in [0.25, 0.3) is 0 Å². The summed E-state index contributed by atoms with van der Waals surface area (Å²) in [5, 5.41) is 5.76. The standard InChI is InChI=1S/C23H27N3O3/c1-4-17-8-5-6-11-21(17)26-14-19(13-22(26)28)23(29)24-15(2)18-9-7-10-20(12-18)25-16(3)27/h5-12,15,19H,4,13-14H2,1-3H3,(H,24,29)(H,25,27). The highest BCUT2D eigenvalue weighted by Gasteiger charge is 2.36. The lowest BCUT2D eigenvalue weighted by Gasteiger charge is -2.21. The lowest BCUT2D eigenvalue weighted by Crippen LogP contribution is -2.34. The Morgan fingerprint density at radius 1 is 1.17 bits per heavy atom. The summed E-state index contributed by atoms with van der Waals surface area (Å²) in [4.78, 5) is 38.4. The molecule has 3 amide bonds. The number of rotatable bonds is 6. The van der Waals surface area contributed by atoms with Gasteiger partial charge in [0.15, 0.2) is 0 Å². The van der Waals surface area contributed by atoms with Crippen molar-refractivity contribution in [1.82, 2.24) is 5.32 Å². The first-order valence-electron chi connectivity index (χ1n) is 9.95. The predicted molar refractivity (Wildman–Crippen MR) is 114 cm³/mol. The number of anilines is 2. The van der Waals surface area contributed by atoms with Crippen LogP contribution >= 0.6 is 0 Å². The molecule has 29 heavy (non-hydrogen) atoms. The van der Waals surface area contributed by atoms with Gasteiger partial charge in [-0.1, -0.05) is 37.3 Å². The Bertz CT molecular complexity index is 925. The van der Waals surface area contributed by atoms with E-state index in [4.69, 9.17) is 0 Å². The van der Waals surface area contributed by atoms with Gasteiger partial charge < -0.3 is 15.5 Å². The number of aryl methyl sites for hydroxylation is 1. The fourth-order valence-corrected chi connectivity index (χ4v) is 3.69. The molecule has 2 N–H and O–H groups in total. The van der Waals surface area contributed by atoms with E-state index in [1.165, 1.54) is 6.92 Å². The number of amides is 3. The zero-order chi connectivity index (χ0) is 21.0. The van der Waals surface area contributed by atoms with Crippen molar-refractivity contribution < 1.29 is 14.4 Å². The van der Waals surface area contributed by atoms with E-state index in [1.807, 2.05) is 49.4 Å². The molecule has 1 heterocycles. The maximum Gasteiger partial charge on any atom is 0.227 e. The highest BCUT2D eigenvalue weighted by molar-refractivity contribution is 6.00. The van der Waals surface area contributed by atoms with E-state index in [-0.39, 0.29) is 36.1 Å². The normalized spacial score (nSPS) is 17.1. The monoisotopic (exact) mass is 393 g/mol. The van der Waals surface area contributed by atoms with E-state index >= 15 is 0 Å². The minimum absolute atomic E-state index is 0.0219. The average molecular weight is 393 g/mol. The van der Waals surface area contributed by atoms with Gasteiger partial charge in [-0.05, 0) is 42.7 Å². The van der Waals surface area contributed by atoms with Crippen molar-refractivity contribution >= 4 is 29.1 Å². The maximum atomic E-state index is 12.8. The van der Waals surface area contributed by atoms with Crippen molar-refractivity contribution in [1.29, 1.82) is 0 Å². The largest absolute Gasteiger partial charge is 0.349 e. The quantitative estimate of drug-likeness (QED) is 0.789. The molecule has 1 aliphatic rings. The van der Waals surface area contributed by atoms with E-state index in [1.54, 1.807) is 11.0 Å². The van der Waals surface area contributed by atoms with E-state index in [0.29, 0.717) is 12.2 Å². The zero-order valence-electron chi connectivity index (χ0n) is 17.1. The molecule has 0 bridgehead atoms. The van der Waals surface area contributed by atoms with Crippen LogP contribution in [0.15, 0.2) is 48.5 Å². The fourth-order valence-electron chi connectivity index (χ4n) is 3.69. The molecule has 2 atom stereocenters. The number of carbonyl (C=O) groups excluding carboxylic acids is 3. The van der Waals surface area contributed by atoms with E-state index in [2.05, 4.69) is 17.6 Å². The van der Waals surface area contributed by atoms with E-state index in [9.17, 15) is 14.4 Å². The molecule has 1 aliphatic heterocycles. The van der Waals surface area contributed by atoms with Crippen LogP contribution in [0.5, 0.6) is 0 Å². The van der Waals surface area contributed by atoms with Gasteiger partial charge >= 0.3 is 0 Å². The van der Waals surface area contributed by atoms with E-state index in [0.717, 1.165) is 23.2 Å². The van der Waals surface area contributed by atoms with Gasteiger partial charge in [0.1, 0.15) is 0 Å². The van der Waals surface area contributed by atoms with Crippen LogP contribution < -0.4 is 15.5 Å². The first kappa shape index (κ1) is 20.6. The van der Waals surface area contributed by atoms with Crippen LogP contribution in [0.1, 0.15) is 44.4 Å². The Labute approximate surface area is 171 Å². The summed E-state index contributed by atoms with van der Waals surface area (Å²) in [6.07, 6.45) is 1.04. The minimum atomic E-state index is -0.381. The predicted octanol–water partition coefficient (Wildman–Crippen LogP) is 3.44. The number of benzene rings is 2. The van der Waals surface area contributed by atoms with Gasteiger partial charge in [0.05, 0.1) is 12.0 Å². The lowest BCUT2D eigenvalue weighted by atomic mass is 10.0. The maximum absolute atomic E-state index is 12.8. The van der Waals surface area contributed by atoms with E-state index < -0.39 is 0 Å². The van der Waals surface area contributed by atoms with Crippen molar-refractivity contribution in [3.63, 3.8) is 0 Å². The minimum Gasteiger partial charge on any atom is -0.349 e. The highest BCUT2D eigenvalue weighted by Crippen LogP contribution is 2.29. The molecule has 0 aromatic heterocycles. The fraction of sp³-hybridized carbons (Fsp3) is 0.348. The average Bonchev–Trinajstić information content (AvgIpc) is 3.09. The molecule has 6 heteroatoms. The number of para-hydroxylation sites is 1. The second kappa shape index (κ2) is 8.90. The lowest BCUT2D eigenvalue weighted by molar-refractivity contribution is -0.126. The summed E-state index contributed by atoms with van der Waals surface area (Å²) in [6, 6.07) is 15.0. The highest BCUT2D eigenvalue weighted by atomic mass is 16.2. The van der Waals surface area contributed by atoms with Gasteiger partial charge in [-0.25, -0.2) is 0 Å². The van der Waals surface area contributed by atoms with Gasteiger partial charge in [-0.3, -0.25) is 14.4 Å². The third kappa shape index (κ3) is 4.83. The molecule has 0 spiro atoms. The van der Waals surface area contributed by atoms with Gasteiger partial charge in [0, 0.05) is 31.3 Å². The molecule has 2 unspecified atom stereocenters. The number of carbonyl (C=O) groups is 3. The van der Waals surface area contributed by atoms with Crippen molar-refractivity contribution in [3.8, 4) is 0 Å². The van der Waals surface area contributed by atoms with Gasteiger partial charge in [-0.2, -0.15) is 0 Å². The summed E-state index contributed by atoms with van der Waals surface area (Å²) < 4.78 is 0. The topological polar surface area (TPSA) is 78.5 Å². The Morgan fingerprint density at radius 2 is 1.93 bits per heavy atom. The van der Waals surface area contributed by atoms with Crippen LogP contribution in [0.4, 0.5) is 11.4 Å². The SMILES string of the molecule is CCc1ccccc1N1CC(C(=O)NC(C)c2cccc(NC(C)=O)c2)CC1=O. The van der Waals surface area contributed by atoms with Crippen molar-refractivity contribution in [2.45, 2.75) is 39.7 Å². The van der Waals surface area contributed by atoms with Crippen molar-refractivity contribution in [2.75, 3.05) is 16.8 Å². The molecule has 2 aromatic rings. The smallest absolute Gasteiger partial charge is 0.227 e. The summed E-state index contributed by atoms with van der Waals surface area (Å²) in [5.41, 5.74) is 3.58. The number of hydrogen-bond acceptors (Lipinski definition) is 3. The molecular weight excluding hydrogens is 366 g/mol. The van der Waals surface area contributed by atoms with Gasteiger partial charge in [-0.15, -0.1) is 0 Å². The first-order chi connectivity index (χ1) is 13.9. The summed E-state index contributed by atoms with van der Waals surface area (Å²) in [6.45, 7) is 5.80. The molecule has 1 fully saturated rings. The van der Waals surface area contributed by atoms with Crippen molar-refractivity contribution in [2.24, 2.45) is 5.92 Å². The summed E-state index contributed by atoms with van der Waals surface area (Å²) in [7, 11) is 0. The number of hydrogen-bond donors (Lipinski definition) is 2. The third-order valence-electron chi connectivity index (χ3n) is 5.22. The molecule has 1 saturated heterocycles. The molecular formula is C23H27N3O3. The second-order valence-corrected chi connectivity index (χ2v) is 7.42. The van der Waals surface area contributed by atoms with Crippen LogP contribution in [0, 0.1) is 5.92 Å². The molecule has 152 valence electrons. The molecule has 0 radical (unpaired) electrons. The van der Waals surface area contributed by atoms with Gasteiger partial charge in [0.25, 0.3) is 0 Å². The zero-order valence-corrected chi connectivity index (χ0v) is 17.1. The Morgan fingerprint density at radius 3 is 2.66 bits per heavy atom. The van der Waals surface area contributed by atoms with Crippen LogP contribution in [-0.4, -0.2) is 24.3 Å². The molecule has 0 saturated carbocycles. The van der Waals surface area contributed by atoms with Gasteiger partial charge in [0.2, 0.25) is 17.7 Å². The first-order valence-corrected chi connectivity index (χ1v) is 9.95. The second-order valence-electron chi connectivity index (χ2n) is 7.42. The Balaban J connectivity index is 1.67. The summed E-state index contributed by atoms with van der Waals surface area (Å²) >= 11 is 0. The summed E-state index contributed by atoms with van der Waals surface area (Å²) in [5.74, 6) is -0.678. The van der Waals surface area contributed by atoms with Crippen molar-refractivity contribution in [3.05, 3.63) is 59.7 Å². The molecule has 6 nitrogen and oxygen atoms in total. The molecule has 2 aromatic carbocycles.